The summed E-state index contributed by atoms with van der Waals surface area (Å²) in [5, 5.41) is 26.9. The van der Waals surface area contributed by atoms with Crippen LogP contribution in [0.4, 0.5) is 11.8 Å². The van der Waals surface area contributed by atoms with Crippen LogP contribution in [-0.2, 0) is 6.54 Å². The van der Waals surface area contributed by atoms with Gasteiger partial charge in [0.15, 0.2) is 17.0 Å². The van der Waals surface area contributed by atoms with Crippen molar-refractivity contribution in [1.82, 2.24) is 19.5 Å². The van der Waals surface area contributed by atoms with Gasteiger partial charge in [-0.2, -0.15) is 9.97 Å². The third-order valence-electron chi connectivity index (χ3n) is 4.89. The summed E-state index contributed by atoms with van der Waals surface area (Å²) >= 11 is 0. The van der Waals surface area contributed by atoms with Gasteiger partial charge in [-0.05, 0) is 59.2 Å². The summed E-state index contributed by atoms with van der Waals surface area (Å²) in [7, 11) is 1.59. The number of rotatable bonds is 9. The zero-order chi connectivity index (χ0) is 22.8. The molecule has 0 saturated carbocycles. The monoisotopic (exact) mass is 428 g/mol. The number of nitrogens with zero attached hydrogens (tertiary/aromatic N) is 4. The second-order valence-corrected chi connectivity index (χ2v) is 8.72. The van der Waals surface area contributed by atoms with Crippen LogP contribution in [-0.4, -0.2) is 48.5 Å². The van der Waals surface area contributed by atoms with Gasteiger partial charge in [-0.25, -0.2) is 4.98 Å². The Morgan fingerprint density at radius 1 is 1.19 bits per heavy atom. The third kappa shape index (κ3) is 5.55. The van der Waals surface area contributed by atoms with Crippen LogP contribution in [0, 0.1) is 0 Å². The zero-order valence-corrected chi connectivity index (χ0v) is 19.0. The van der Waals surface area contributed by atoms with Crippen molar-refractivity contribution in [1.29, 1.82) is 0 Å². The van der Waals surface area contributed by atoms with Crippen molar-refractivity contribution in [2.75, 3.05) is 17.7 Å². The van der Waals surface area contributed by atoms with E-state index in [-0.39, 0.29) is 17.8 Å². The highest BCUT2D eigenvalue weighted by Crippen LogP contribution is 2.27. The summed E-state index contributed by atoms with van der Waals surface area (Å²) in [5.41, 5.74) is 1.23. The first-order valence-electron chi connectivity index (χ1n) is 10.4. The topological polar surface area (TPSA) is 117 Å². The van der Waals surface area contributed by atoms with E-state index in [2.05, 4.69) is 39.4 Å². The SMILES string of the molecule is COc1ccc(O)c(CNc2nc(NC(C)CC(C)(C)O)nc3c2ncn3C(C)C)c1. The second kappa shape index (κ2) is 8.97. The average molecular weight is 429 g/mol. The van der Waals surface area contributed by atoms with Crippen LogP contribution in [0.1, 0.15) is 52.6 Å². The molecule has 3 rings (SSSR count). The van der Waals surface area contributed by atoms with Crippen molar-refractivity contribution in [3.05, 3.63) is 30.1 Å². The lowest BCUT2D eigenvalue weighted by atomic mass is 10.0. The molecule has 0 amide bonds. The van der Waals surface area contributed by atoms with Gasteiger partial charge in [-0.1, -0.05) is 0 Å². The van der Waals surface area contributed by atoms with E-state index in [0.717, 1.165) is 0 Å². The fourth-order valence-electron chi connectivity index (χ4n) is 3.51. The van der Waals surface area contributed by atoms with Gasteiger partial charge in [0.2, 0.25) is 5.95 Å². The molecule has 2 heterocycles. The Balaban J connectivity index is 1.93. The molecule has 0 aliphatic heterocycles. The molecule has 9 heteroatoms. The van der Waals surface area contributed by atoms with E-state index in [4.69, 9.17) is 4.74 Å². The summed E-state index contributed by atoms with van der Waals surface area (Å²) in [4.78, 5) is 13.8. The van der Waals surface area contributed by atoms with Gasteiger partial charge in [0, 0.05) is 24.2 Å². The largest absolute Gasteiger partial charge is 0.508 e. The molecule has 168 valence electrons. The van der Waals surface area contributed by atoms with Crippen LogP contribution in [0.25, 0.3) is 11.2 Å². The Bertz CT molecular complexity index is 1040. The predicted molar refractivity (Wildman–Crippen MR) is 122 cm³/mol. The number of hydrogen-bond acceptors (Lipinski definition) is 8. The minimum absolute atomic E-state index is 0.0387. The van der Waals surface area contributed by atoms with Crippen molar-refractivity contribution in [3.8, 4) is 11.5 Å². The Hall–Kier alpha value is -3.07. The maximum atomic E-state index is 10.2. The fraction of sp³-hybridized carbons (Fsp3) is 0.500. The van der Waals surface area contributed by atoms with Gasteiger partial charge in [0.05, 0.1) is 19.0 Å². The molecule has 3 aromatic rings. The quantitative estimate of drug-likeness (QED) is 0.408. The van der Waals surface area contributed by atoms with E-state index in [9.17, 15) is 10.2 Å². The number of ether oxygens (including phenoxy) is 1. The minimum Gasteiger partial charge on any atom is -0.508 e. The predicted octanol–water partition coefficient (Wildman–Crippen LogP) is 3.69. The Morgan fingerprint density at radius 3 is 2.58 bits per heavy atom. The van der Waals surface area contributed by atoms with Gasteiger partial charge in [-0.3, -0.25) is 0 Å². The van der Waals surface area contributed by atoms with Gasteiger partial charge < -0.3 is 30.2 Å². The second-order valence-electron chi connectivity index (χ2n) is 8.72. The molecule has 0 bridgehead atoms. The first-order valence-corrected chi connectivity index (χ1v) is 10.4. The molecule has 0 fully saturated rings. The van der Waals surface area contributed by atoms with E-state index >= 15 is 0 Å². The molecule has 0 saturated heterocycles. The Morgan fingerprint density at radius 2 is 1.94 bits per heavy atom. The number of phenols is 1. The van der Waals surface area contributed by atoms with E-state index in [1.54, 1.807) is 45.5 Å². The maximum Gasteiger partial charge on any atom is 0.226 e. The van der Waals surface area contributed by atoms with Crippen molar-refractivity contribution in [2.24, 2.45) is 0 Å². The number of aromatic hydroxyl groups is 1. The molecule has 1 unspecified atom stereocenters. The van der Waals surface area contributed by atoms with E-state index in [0.29, 0.717) is 47.2 Å². The lowest BCUT2D eigenvalue weighted by Gasteiger charge is -2.23. The zero-order valence-electron chi connectivity index (χ0n) is 19.0. The first kappa shape index (κ1) is 22.6. The standard InChI is InChI=1S/C22H32N6O3/c1-13(2)28-12-24-18-19(23-11-15-9-16(31-6)7-8-17(15)29)26-21(27-20(18)28)25-14(3)10-22(4,5)30/h7-9,12-14,29-30H,10-11H2,1-6H3,(H2,23,25,26,27). The normalized spacial score (nSPS) is 12.9. The van der Waals surface area contributed by atoms with Crippen molar-refractivity contribution < 1.29 is 14.9 Å². The molecule has 31 heavy (non-hydrogen) atoms. The summed E-state index contributed by atoms with van der Waals surface area (Å²) < 4.78 is 7.24. The molecule has 0 aliphatic carbocycles. The minimum atomic E-state index is -0.804. The number of nitrogens with one attached hydrogen (secondary N) is 2. The molecule has 9 nitrogen and oxygen atoms in total. The highest BCUT2D eigenvalue weighted by atomic mass is 16.5. The van der Waals surface area contributed by atoms with E-state index in [1.165, 1.54) is 0 Å². The molecule has 1 atom stereocenters. The maximum absolute atomic E-state index is 10.2. The van der Waals surface area contributed by atoms with Crippen LogP contribution in [0.5, 0.6) is 11.5 Å². The summed E-state index contributed by atoms with van der Waals surface area (Å²) in [6, 6.07) is 5.22. The number of hydrogen-bond donors (Lipinski definition) is 4. The van der Waals surface area contributed by atoms with Crippen LogP contribution in [0.2, 0.25) is 0 Å². The Kier molecular flexibility index (Phi) is 6.54. The molecule has 4 N–H and O–H groups in total. The molecule has 0 aliphatic rings. The van der Waals surface area contributed by atoms with Crippen LogP contribution in [0.15, 0.2) is 24.5 Å². The number of benzene rings is 1. The summed E-state index contributed by atoms with van der Waals surface area (Å²) in [6.45, 7) is 9.99. The highest BCUT2D eigenvalue weighted by molar-refractivity contribution is 5.84. The molecule has 2 aromatic heterocycles. The van der Waals surface area contributed by atoms with Gasteiger partial charge in [0.25, 0.3) is 0 Å². The van der Waals surface area contributed by atoms with Gasteiger partial charge in [0.1, 0.15) is 11.5 Å². The smallest absolute Gasteiger partial charge is 0.226 e. The third-order valence-corrected chi connectivity index (χ3v) is 4.89. The van der Waals surface area contributed by atoms with Crippen LogP contribution in [0.3, 0.4) is 0 Å². The van der Waals surface area contributed by atoms with Gasteiger partial charge >= 0.3 is 0 Å². The number of methoxy groups -OCH3 is 1. The van der Waals surface area contributed by atoms with E-state index < -0.39 is 5.60 Å². The summed E-state index contributed by atoms with van der Waals surface area (Å²) in [5.74, 6) is 1.84. The van der Waals surface area contributed by atoms with Crippen molar-refractivity contribution >= 4 is 22.9 Å². The molecular formula is C22H32N6O3. The number of phenolic OH excluding ortho intramolecular Hbond substituents is 1. The molecular weight excluding hydrogens is 396 g/mol. The van der Waals surface area contributed by atoms with Gasteiger partial charge in [-0.15, -0.1) is 0 Å². The number of anilines is 2. The summed E-state index contributed by atoms with van der Waals surface area (Å²) in [6.07, 6.45) is 2.29. The lowest BCUT2D eigenvalue weighted by molar-refractivity contribution is 0.0672. The number of fused-ring (bicyclic) bond motifs is 1. The average Bonchev–Trinajstić information content (AvgIpc) is 3.10. The van der Waals surface area contributed by atoms with E-state index in [1.807, 2.05) is 11.5 Å². The number of aliphatic hydroxyl groups is 1. The number of aromatic nitrogens is 4. The highest BCUT2D eigenvalue weighted by Gasteiger charge is 2.20. The molecule has 0 spiro atoms. The van der Waals surface area contributed by atoms with Crippen molar-refractivity contribution in [3.63, 3.8) is 0 Å². The molecule has 0 radical (unpaired) electrons. The first-order chi connectivity index (χ1) is 14.6. The van der Waals surface area contributed by atoms with Crippen LogP contribution >= 0.6 is 0 Å². The Labute approximate surface area is 182 Å². The molecule has 1 aromatic carbocycles. The lowest BCUT2D eigenvalue weighted by Crippen LogP contribution is -2.29. The number of imidazole rings is 1. The van der Waals surface area contributed by atoms with Crippen molar-refractivity contribution in [2.45, 2.75) is 65.3 Å². The fourth-order valence-corrected chi connectivity index (χ4v) is 3.51. The van der Waals surface area contributed by atoms with Crippen LogP contribution < -0.4 is 15.4 Å².